The molecule has 0 saturated carbocycles. The van der Waals surface area contributed by atoms with Crippen LogP contribution in [0.15, 0.2) is 126 Å². The first-order valence-electron chi connectivity index (χ1n) is 13.3. The maximum atomic E-state index is 5.54. The summed E-state index contributed by atoms with van der Waals surface area (Å²) in [7, 11) is 0. The lowest BCUT2D eigenvalue weighted by atomic mass is 9.80. The van der Waals surface area contributed by atoms with Gasteiger partial charge < -0.3 is 0 Å². The molecule has 3 heteroatoms. The molecule has 0 bridgehead atoms. The van der Waals surface area contributed by atoms with Crippen molar-refractivity contribution in [2.45, 2.75) is 31.0 Å². The Morgan fingerprint density at radius 1 is 0.730 bits per heavy atom. The molecule has 5 aromatic rings. The molecule has 0 spiro atoms. The second-order valence-electron chi connectivity index (χ2n) is 10.2. The maximum Gasteiger partial charge on any atom is 0.128 e. The van der Waals surface area contributed by atoms with Crippen LogP contribution in [0, 0.1) is 0 Å². The fraction of sp³-hybridized carbons (Fsp3) is 0.147. The van der Waals surface area contributed by atoms with E-state index >= 15 is 0 Å². The van der Waals surface area contributed by atoms with Crippen molar-refractivity contribution >= 4 is 27.6 Å². The number of aromatic nitrogens is 1. The second kappa shape index (κ2) is 8.16. The van der Waals surface area contributed by atoms with Gasteiger partial charge in [-0.05, 0) is 41.2 Å². The number of hydrogen-bond donors (Lipinski definition) is 1. The fourth-order valence-corrected chi connectivity index (χ4v) is 6.63. The normalized spacial score (nSPS) is 22.2. The summed E-state index contributed by atoms with van der Waals surface area (Å²) >= 11 is 0. The van der Waals surface area contributed by atoms with Gasteiger partial charge in [-0.15, -0.1) is 0 Å². The average Bonchev–Trinajstić information content (AvgIpc) is 3.25. The van der Waals surface area contributed by atoms with Crippen LogP contribution < -0.4 is 5.32 Å². The fourth-order valence-electron chi connectivity index (χ4n) is 6.63. The molecule has 4 aromatic carbocycles. The number of para-hydroxylation sites is 2. The van der Waals surface area contributed by atoms with Gasteiger partial charge in [0, 0.05) is 22.4 Å². The lowest BCUT2D eigenvalue weighted by Gasteiger charge is -2.38. The minimum atomic E-state index is -0.123. The SMILES string of the molecule is C1=CC(C2NC(c3ccccc3)N=C3C2c2ccccc2-c2cccc4c5ccccc5n3c24)=CCC1. The first-order chi connectivity index (χ1) is 18.4. The van der Waals surface area contributed by atoms with Crippen molar-refractivity contribution in [1.29, 1.82) is 0 Å². The molecule has 8 rings (SSSR count). The van der Waals surface area contributed by atoms with Crippen LogP contribution >= 0.6 is 0 Å². The second-order valence-corrected chi connectivity index (χ2v) is 10.2. The predicted octanol–water partition coefficient (Wildman–Crippen LogP) is 7.75. The van der Waals surface area contributed by atoms with Crippen molar-refractivity contribution in [2.75, 3.05) is 0 Å². The summed E-state index contributed by atoms with van der Waals surface area (Å²) in [5.41, 5.74) is 8.96. The van der Waals surface area contributed by atoms with E-state index in [9.17, 15) is 0 Å². The molecule has 3 heterocycles. The van der Waals surface area contributed by atoms with Crippen LogP contribution in [0.1, 0.15) is 36.1 Å². The molecular formula is C34H27N3. The predicted molar refractivity (Wildman–Crippen MR) is 153 cm³/mol. The highest BCUT2D eigenvalue weighted by Gasteiger charge is 2.41. The van der Waals surface area contributed by atoms with E-state index in [4.69, 9.17) is 4.99 Å². The van der Waals surface area contributed by atoms with Gasteiger partial charge in [0.05, 0.1) is 17.0 Å². The van der Waals surface area contributed by atoms with Crippen LogP contribution in [0.25, 0.3) is 32.9 Å². The highest BCUT2D eigenvalue weighted by Crippen LogP contribution is 2.47. The van der Waals surface area contributed by atoms with Gasteiger partial charge in [-0.3, -0.25) is 9.88 Å². The van der Waals surface area contributed by atoms with Crippen LogP contribution in [-0.4, -0.2) is 16.4 Å². The van der Waals surface area contributed by atoms with Gasteiger partial charge in [-0.1, -0.05) is 109 Å². The van der Waals surface area contributed by atoms with Gasteiger partial charge >= 0.3 is 0 Å². The third kappa shape index (κ3) is 3.07. The first kappa shape index (κ1) is 20.9. The lowest BCUT2D eigenvalue weighted by Crippen LogP contribution is -2.47. The van der Waals surface area contributed by atoms with Crippen molar-refractivity contribution in [2.24, 2.45) is 4.99 Å². The van der Waals surface area contributed by atoms with Crippen LogP contribution in [0.3, 0.4) is 0 Å². The van der Waals surface area contributed by atoms with Crippen LogP contribution in [-0.2, 0) is 0 Å². The number of allylic oxidation sites excluding steroid dienone is 2. The van der Waals surface area contributed by atoms with E-state index in [1.807, 2.05) is 0 Å². The number of nitrogens with zero attached hydrogens (tertiary/aromatic N) is 2. The Labute approximate surface area is 216 Å². The zero-order valence-corrected chi connectivity index (χ0v) is 20.5. The van der Waals surface area contributed by atoms with Crippen LogP contribution in [0.5, 0.6) is 0 Å². The summed E-state index contributed by atoms with van der Waals surface area (Å²) in [6.07, 6.45) is 9.14. The number of aliphatic imine (C=N–C) groups is 1. The van der Waals surface area contributed by atoms with Crippen molar-refractivity contribution in [1.82, 2.24) is 9.88 Å². The molecule has 3 atom stereocenters. The standard InChI is InChI=1S/C34H27N3/c1-3-12-22(13-4-1)31-30-26-18-8-7-16-24(26)27-19-11-20-28-25-17-9-10-21-29(25)37(32(27)28)34(30)36-33(35-31)23-14-5-2-6-15-23/h2-3,5-21,30-31,33,35H,1,4H2. The molecule has 178 valence electrons. The van der Waals surface area contributed by atoms with E-state index in [0.29, 0.717) is 0 Å². The molecule has 3 unspecified atom stereocenters. The first-order valence-corrected chi connectivity index (χ1v) is 13.3. The number of fused-ring (bicyclic) bond motifs is 8. The van der Waals surface area contributed by atoms with E-state index in [1.54, 1.807) is 0 Å². The molecule has 1 aliphatic carbocycles. The molecular weight excluding hydrogens is 450 g/mol. The third-order valence-corrected chi connectivity index (χ3v) is 8.22. The highest BCUT2D eigenvalue weighted by atomic mass is 15.2. The molecule has 3 nitrogen and oxygen atoms in total. The zero-order valence-electron chi connectivity index (χ0n) is 20.5. The Kier molecular flexibility index (Phi) is 4.61. The van der Waals surface area contributed by atoms with E-state index in [-0.39, 0.29) is 18.1 Å². The quantitative estimate of drug-likeness (QED) is 0.277. The Morgan fingerprint density at radius 3 is 2.41 bits per heavy atom. The average molecular weight is 478 g/mol. The number of nitrogens with one attached hydrogen (secondary N) is 1. The summed E-state index contributed by atoms with van der Waals surface area (Å²) in [6, 6.07) is 35.3. The lowest BCUT2D eigenvalue weighted by molar-refractivity contribution is 0.437. The smallest absolute Gasteiger partial charge is 0.128 e. The van der Waals surface area contributed by atoms with Gasteiger partial charge in [-0.2, -0.15) is 0 Å². The molecule has 0 amide bonds. The van der Waals surface area contributed by atoms with Crippen LogP contribution in [0.4, 0.5) is 0 Å². The monoisotopic (exact) mass is 477 g/mol. The Balaban J connectivity index is 1.51. The number of benzene rings is 4. The Morgan fingerprint density at radius 2 is 1.51 bits per heavy atom. The molecule has 2 aliphatic heterocycles. The largest absolute Gasteiger partial charge is 0.296 e. The molecule has 37 heavy (non-hydrogen) atoms. The van der Waals surface area contributed by atoms with Crippen molar-refractivity contribution in [3.05, 3.63) is 132 Å². The van der Waals surface area contributed by atoms with Gasteiger partial charge in [0.15, 0.2) is 0 Å². The summed E-state index contributed by atoms with van der Waals surface area (Å²) in [5.74, 6) is 1.21. The Bertz CT molecular complexity index is 1770. The highest BCUT2D eigenvalue weighted by molar-refractivity contribution is 6.20. The van der Waals surface area contributed by atoms with Crippen molar-refractivity contribution in [3.8, 4) is 11.1 Å². The minimum Gasteiger partial charge on any atom is -0.296 e. The van der Waals surface area contributed by atoms with Gasteiger partial charge in [0.1, 0.15) is 12.0 Å². The van der Waals surface area contributed by atoms with E-state index in [2.05, 4.69) is 125 Å². The van der Waals surface area contributed by atoms with E-state index in [1.165, 1.54) is 49.6 Å². The summed E-state index contributed by atoms with van der Waals surface area (Å²) in [5, 5.41) is 6.55. The van der Waals surface area contributed by atoms with Gasteiger partial charge in [0.2, 0.25) is 0 Å². The summed E-state index contributed by atoms with van der Waals surface area (Å²) < 4.78 is 2.47. The van der Waals surface area contributed by atoms with E-state index < -0.39 is 0 Å². The molecule has 0 fully saturated rings. The topological polar surface area (TPSA) is 29.3 Å². The molecule has 3 aliphatic rings. The number of rotatable bonds is 2. The number of hydrogen-bond acceptors (Lipinski definition) is 2. The van der Waals surface area contributed by atoms with E-state index in [0.717, 1.165) is 18.7 Å². The third-order valence-electron chi connectivity index (χ3n) is 8.22. The minimum absolute atomic E-state index is 0.0802. The summed E-state index contributed by atoms with van der Waals surface area (Å²) in [4.78, 5) is 5.54. The Hall–Kier alpha value is -4.21. The van der Waals surface area contributed by atoms with Gasteiger partial charge in [-0.25, -0.2) is 4.99 Å². The summed E-state index contributed by atoms with van der Waals surface area (Å²) in [6.45, 7) is 0. The van der Waals surface area contributed by atoms with Crippen molar-refractivity contribution in [3.63, 3.8) is 0 Å². The van der Waals surface area contributed by atoms with Gasteiger partial charge in [0.25, 0.3) is 0 Å². The zero-order chi connectivity index (χ0) is 24.3. The maximum absolute atomic E-state index is 5.54. The molecule has 0 radical (unpaired) electrons. The molecule has 1 N–H and O–H groups in total. The van der Waals surface area contributed by atoms with Crippen molar-refractivity contribution < 1.29 is 0 Å². The molecule has 0 saturated heterocycles. The molecule has 1 aromatic heterocycles. The van der Waals surface area contributed by atoms with Crippen LogP contribution in [0.2, 0.25) is 0 Å².